The summed E-state index contributed by atoms with van der Waals surface area (Å²) in [5.74, 6) is 0. The van der Waals surface area contributed by atoms with Crippen molar-refractivity contribution >= 4 is 131 Å². The van der Waals surface area contributed by atoms with Gasteiger partial charge in [-0.1, -0.05) is 158 Å². The van der Waals surface area contributed by atoms with Gasteiger partial charge in [0.2, 0.25) is 0 Å². The van der Waals surface area contributed by atoms with Crippen LogP contribution in [0.25, 0.3) is 108 Å². The van der Waals surface area contributed by atoms with E-state index < -0.39 is 0 Å². The summed E-state index contributed by atoms with van der Waals surface area (Å²) in [5.41, 5.74) is 14.7. The number of fused-ring (bicyclic) bond motifs is 14. The van der Waals surface area contributed by atoms with E-state index in [2.05, 4.69) is 240 Å². The Hall–Kier alpha value is -9.42. The molecule has 342 valence electrons. The summed E-state index contributed by atoms with van der Waals surface area (Å²) in [5, 5.41) is 11.9. The van der Waals surface area contributed by atoms with E-state index in [1.807, 2.05) is 35.6 Å². The van der Waals surface area contributed by atoms with E-state index in [-0.39, 0.29) is 0 Å². The number of hydrogen-bond acceptors (Lipinski definition) is 5. The maximum Gasteiger partial charge on any atom is 0.135 e. The van der Waals surface area contributed by atoms with E-state index >= 15 is 0 Å². The maximum absolute atomic E-state index is 6.32. The Balaban J connectivity index is 0.901. The second kappa shape index (κ2) is 16.6. The number of thiophene rings is 1. The lowest BCUT2D eigenvalue weighted by molar-refractivity contribution is 0.668. The van der Waals surface area contributed by atoms with Gasteiger partial charge in [-0.2, -0.15) is 0 Å². The highest BCUT2D eigenvalue weighted by Gasteiger charge is 2.22. The summed E-state index contributed by atoms with van der Waals surface area (Å²) in [4.78, 5) is 4.77. The van der Waals surface area contributed by atoms with Crippen molar-refractivity contribution in [1.29, 1.82) is 0 Å². The molecule has 0 fully saturated rings. The zero-order valence-corrected chi connectivity index (χ0v) is 40.2. The van der Waals surface area contributed by atoms with Gasteiger partial charge in [0, 0.05) is 81.2 Å². The van der Waals surface area contributed by atoms with Gasteiger partial charge in [0.15, 0.2) is 0 Å². The summed E-state index contributed by atoms with van der Waals surface area (Å²) in [6, 6.07) is 91.8. The van der Waals surface area contributed by atoms with E-state index in [1.165, 1.54) is 64.0 Å². The van der Waals surface area contributed by atoms with E-state index in [4.69, 9.17) is 8.83 Å². The monoisotopic (exact) mass is 950 g/mol. The molecule has 15 rings (SSSR count). The van der Waals surface area contributed by atoms with Gasteiger partial charge < -0.3 is 18.6 Å². The number of rotatable bonds is 8. The van der Waals surface area contributed by atoms with Crippen LogP contribution in [0.2, 0.25) is 0 Å². The van der Waals surface area contributed by atoms with Gasteiger partial charge >= 0.3 is 0 Å². The molecule has 73 heavy (non-hydrogen) atoms. The number of para-hydroxylation sites is 2. The third-order valence-electron chi connectivity index (χ3n) is 14.6. The number of nitrogens with zero attached hydrogens (tertiary/aromatic N) is 2. The normalized spacial score (nSPS) is 11.8. The van der Waals surface area contributed by atoms with Gasteiger partial charge in [-0.3, -0.25) is 0 Å². The first-order chi connectivity index (χ1) is 36.2. The van der Waals surface area contributed by atoms with Crippen molar-refractivity contribution < 1.29 is 8.83 Å². The number of benzene rings is 12. The molecular weight excluding hydrogens is 909 g/mol. The van der Waals surface area contributed by atoms with Gasteiger partial charge in [0.25, 0.3) is 0 Å². The Morgan fingerprint density at radius 3 is 1.16 bits per heavy atom. The fourth-order valence-corrected chi connectivity index (χ4v) is 12.5. The molecule has 0 amide bonds. The van der Waals surface area contributed by atoms with Crippen LogP contribution >= 0.6 is 11.3 Å². The van der Waals surface area contributed by atoms with Crippen LogP contribution in [0.1, 0.15) is 0 Å². The molecule has 0 bridgehead atoms. The average molecular weight is 951 g/mol. The number of furan rings is 2. The molecule has 15 aromatic rings. The second-order valence-corrected chi connectivity index (χ2v) is 19.9. The van der Waals surface area contributed by atoms with Crippen molar-refractivity contribution in [3.8, 4) is 22.3 Å². The van der Waals surface area contributed by atoms with E-state index in [9.17, 15) is 0 Å². The van der Waals surface area contributed by atoms with Gasteiger partial charge in [-0.05, 0) is 135 Å². The lowest BCUT2D eigenvalue weighted by Gasteiger charge is -2.26. The van der Waals surface area contributed by atoms with E-state index in [0.717, 1.165) is 78.0 Å². The highest BCUT2D eigenvalue weighted by atomic mass is 32.1. The largest absolute Gasteiger partial charge is 0.456 e. The van der Waals surface area contributed by atoms with E-state index in [1.54, 1.807) is 0 Å². The minimum Gasteiger partial charge on any atom is -0.456 e. The Morgan fingerprint density at radius 2 is 0.630 bits per heavy atom. The van der Waals surface area contributed by atoms with Crippen molar-refractivity contribution in [2.75, 3.05) is 9.80 Å². The first-order valence-electron chi connectivity index (χ1n) is 24.7. The standard InChI is InChI=1S/C68H42N2O2S/c1-3-13-43(14-4-1)45-23-27-47(28-24-45)69(50-33-37-64-60(40-50)54-18-9-11-21-62(54)71-64)49-31-35-57-59(39-49)53-17-7-8-20-56(53)67-58-36-32-52(42-66(58)73-68(57)67)70(48-29-25-46(26-30-48)44-15-5-2-6-16-44)51-34-38-65-61(41-51)55-19-10-12-22-63(55)72-65/h1-42H. The molecule has 0 saturated carbocycles. The number of hydrogen-bond donors (Lipinski definition) is 0. The molecule has 0 aliphatic carbocycles. The molecule has 0 spiro atoms. The lowest BCUT2D eigenvalue weighted by Crippen LogP contribution is -2.09. The zero-order valence-electron chi connectivity index (χ0n) is 39.4. The van der Waals surface area contributed by atoms with Gasteiger partial charge in [0.1, 0.15) is 22.3 Å². The Labute approximate surface area is 424 Å². The fourth-order valence-electron chi connectivity index (χ4n) is 11.2. The SMILES string of the molecule is c1ccc(-c2ccc(N(c3ccc4c(c3)sc3c5ccc(N(c6ccc(-c7ccccc7)cc6)c6ccc7oc8ccccc8c7c6)cc5c5ccccc5c43)c3ccc4oc5ccccc5c4c3)cc2)cc1. The predicted octanol–water partition coefficient (Wildman–Crippen LogP) is 20.4. The first-order valence-corrected chi connectivity index (χ1v) is 25.5. The molecule has 0 aliphatic heterocycles. The predicted molar refractivity (Wildman–Crippen MR) is 309 cm³/mol. The minimum absolute atomic E-state index is 0.876. The van der Waals surface area contributed by atoms with Crippen molar-refractivity contribution in [2.24, 2.45) is 0 Å². The summed E-state index contributed by atoms with van der Waals surface area (Å²) in [6.07, 6.45) is 0. The number of anilines is 6. The molecule has 5 heteroatoms. The summed E-state index contributed by atoms with van der Waals surface area (Å²) in [6.45, 7) is 0. The summed E-state index contributed by atoms with van der Waals surface area (Å²) < 4.78 is 15.1. The summed E-state index contributed by atoms with van der Waals surface area (Å²) >= 11 is 1.88. The Kier molecular flexibility index (Phi) is 9.41. The van der Waals surface area contributed by atoms with Crippen LogP contribution in [0.3, 0.4) is 0 Å². The molecule has 3 heterocycles. The molecule has 3 aromatic heterocycles. The highest BCUT2D eigenvalue weighted by Crippen LogP contribution is 2.49. The molecule has 0 atom stereocenters. The van der Waals surface area contributed by atoms with Crippen molar-refractivity contribution in [1.82, 2.24) is 0 Å². The van der Waals surface area contributed by atoms with Crippen LogP contribution in [0.4, 0.5) is 34.1 Å². The first kappa shape index (κ1) is 41.4. The van der Waals surface area contributed by atoms with Crippen LogP contribution in [-0.2, 0) is 0 Å². The van der Waals surface area contributed by atoms with Gasteiger partial charge in [-0.25, -0.2) is 0 Å². The molecule has 4 nitrogen and oxygen atoms in total. The average Bonchev–Trinajstić information content (AvgIpc) is 4.16. The molecule has 0 aliphatic rings. The summed E-state index contributed by atoms with van der Waals surface area (Å²) in [7, 11) is 0. The lowest BCUT2D eigenvalue weighted by atomic mass is 9.96. The molecule has 0 unspecified atom stereocenters. The fraction of sp³-hybridized carbons (Fsp3) is 0. The Bertz CT molecular complexity index is 4610. The van der Waals surface area contributed by atoms with Crippen molar-refractivity contribution in [3.05, 3.63) is 255 Å². The smallest absolute Gasteiger partial charge is 0.135 e. The minimum atomic E-state index is 0.876. The maximum atomic E-state index is 6.32. The Morgan fingerprint density at radius 1 is 0.247 bits per heavy atom. The van der Waals surface area contributed by atoms with Crippen LogP contribution in [0.5, 0.6) is 0 Å². The van der Waals surface area contributed by atoms with Gasteiger partial charge in [0.05, 0.1) is 0 Å². The molecule has 0 N–H and O–H groups in total. The van der Waals surface area contributed by atoms with Crippen LogP contribution in [0.15, 0.2) is 264 Å². The molecule has 0 saturated heterocycles. The topological polar surface area (TPSA) is 32.8 Å². The van der Waals surface area contributed by atoms with Crippen molar-refractivity contribution in [3.63, 3.8) is 0 Å². The molecular formula is C68H42N2O2S. The second-order valence-electron chi connectivity index (χ2n) is 18.8. The third kappa shape index (κ3) is 6.81. The molecule has 12 aromatic carbocycles. The van der Waals surface area contributed by atoms with Crippen molar-refractivity contribution in [2.45, 2.75) is 0 Å². The van der Waals surface area contributed by atoms with Crippen LogP contribution in [0, 0.1) is 0 Å². The zero-order chi connectivity index (χ0) is 48.0. The van der Waals surface area contributed by atoms with E-state index in [0.29, 0.717) is 0 Å². The third-order valence-corrected chi connectivity index (χ3v) is 15.8. The van der Waals surface area contributed by atoms with Gasteiger partial charge in [-0.15, -0.1) is 11.3 Å². The quantitative estimate of drug-likeness (QED) is 0.142. The van der Waals surface area contributed by atoms with Crippen LogP contribution in [-0.4, -0.2) is 0 Å². The van der Waals surface area contributed by atoms with Crippen LogP contribution < -0.4 is 9.80 Å². The highest BCUT2D eigenvalue weighted by molar-refractivity contribution is 7.27. The molecule has 0 radical (unpaired) electrons.